The number of phenolic OH excluding ortho intramolecular Hbond substituents is 2. The van der Waals surface area contributed by atoms with Crippen molar-refractivity contribution in [2.45, 2.75) is 72.1 Å². The van der Waals surface area contributed by atoms with Gasteiger partial charge in [-0.05, 0) is 122 Å². The monoisotopic (exact) mass is 1340 g/mol. The number of carbonyl (C=O) groups is 6. The van der Waals surface area contributed by atoms with Crippen LogP contribution >= 0.6 is 23.2 Å². The zero-order chi connectivity index (χ0) is 65.7. The summed E-state index contributed by atoms with van der Waals surface area (Å²) in [7, 11) is 3.54. The number of aryl methyl sites for hydroxylation is 2. The van der Waals surface area contributed by atoms with Crippen LogP contribution in [0.5, 0.6) is 11.5 Å². The van der Waals surface area contributed by atoms with Crippen LogP contribution in [0.15, 0.2) is 158 Å². The lowest BCUT2D eigenvalue weighted by atomic mass is 10.0. The molecule has 23 heteroatoms. The molecular weight excluding hydrogens is 1260 g/mol. The van der Waals surface area contributed by atoms with Crippen LogP contribution in [0.2, 0.25) is 10.0 Å². The molecule has 4 fully saturated rings. The number of ether oxygens (including phenoxy) is 2. The van der Waals surface area contributed by atoms with Gasteiger partial charge in [-0.2, -0.15) is 10.2 Å². The fourth-order valence-electron chi connectivity index (χ4n) is 10.1. The summed E-state index contributed by atoms with van der Waals surface area (Å²) in [4.78, 5) is 79.1. The number of carboxylic acids is 1. The number of hydrogen-bond acceptors (Lipinski definition) is 13. The van der Waals surface area contributed by atoms with E-state index in [2.05, 4.69) is 49.8 Å². The van der Waals surface area contributed by atoms with E-state index in [4.69, 9.17) is 43.5 Å². The number of benzene rings is 6. The van der Waals surface area contributed by atoms with E-state index in [1.165, 1.54) is 21.9 Å². The predicted molar refractivity (Wildman–Crippen MR) is 369 cm³/mol. The van der Waals surface area contributed by atoms with Gasteiger partial charge in [0, 0.05) is 89.2 Å². The van der Waals surface area contributed by atoms with Gasteiger partial charge in [0.15, 0.2) is 0 Å². The molecule has 0 unspecified atom stereocenters. The number of carboxylic acid groups (broad SMARTS) is 1. The van der Waals surface area contributed by atoms with E-state index in [-0.39, 0.29) is 102 Å². The van der Waals surface area contributed by atoms with Gasteiger partial charge < -0.3 is 56.3 Å². The summed E-state index contributed by atoms with van der Waals surface area (Å²) < 4.78 is 14.3. The Balaban J connectivity index is 0.000000243. The number of carbonyl (C=O) groups excluding carboxylic acids is 5. The van der Waals surface area contributed by atoms with Gasteiger partial charge in [-0.1, -0.05) is 130 Å². The van der Waals surface area contributed by atoms with E-state index < -0.39 is 36.0 Å². The lowest BCUT2D eigenvalue weighted by molar-refractivity contribution is -0.149. The third-order valence-electron chi connectivity index (χ3n) is 15.5. The molecule has 0 bridgehead atoms. The number of phenols is 2. The highest BCUT2D eigenvalue weighted by Gasteiger charge is 2.40. The van der Waals surface area contributed by atoms with Gasteiger partial charge in [-0.15, -0.1) is 0 Å². The van der Waals surface area contributed by atoms with Crippen LogP contribution in [0, 0.1) is 35.5 Å². The fourth-order valence-corrected chi connectivity index (χ4v) is 10.5. The summed E-state index contributed by atoms with van der Waals surface area (Å²) in [6.45, 7) is 1.23. The lowest BCUT2D eigenvalue weighted by Gasteiger charge is -2.37. The number of hydrogen-bond donors (Lipinski definition) is 7. The Morgan fingerprint density at radius 1 is 0.552 bits per heavy atom. The molecule has 0 radical (unpaired) electrons. The highest BCUT2D eigenvalue weighted by molar-refractivity contribution is 6.31. The van der Waals surface area contributed by atoms with Gasteiger partial charge in [0.25, 0.3) is 5.91 Å². The molecule has 2 aliphatic heterocycles. The third kappa shape index (κ3) is 19.0. The largest absolute Gasteiger partial charge is 0.507 e. The Kier molecular flexibility index (Phi) is 25.7. The van der Waals surface area contributed by atoms with Crippen molar-refractivity contribution < 1.29 is 53.6 Å². The van der Waals surface area contributed by atoms with Crippen molar-refractivity contribution in [3.63, 3.8) is 0 Å². The first-order valence-corrected chi connectivity index (χ1v) is 30.7. The molecule has 12 rings (SSSR count). The van der Waals surface area contributed by atoms with E-state index in [9.17, 15) is 39.0 Å². The molecule has 4 atom stereocenters. The van der Waals surface area contributed by atoms with Crippen LogP contribution in [-0.4, -0.2) is 132 Å². The molecule has 5 amide bonds. The van der Waals surface area contributed by atoms with Crippen LogP contribution in [0.3, 0.4) is 0 Å². The lowest BCUT2D eigenvalue weighted by Crippen LogP contribution is -2.57. The number of aromatic hydroxyl groups is 2. The van der Waals surface area contributed by atoms with Crippen LogP contribution in [0.1, 0.15) is 93.4 Å². The first-order chi connectivity index (χ1) is 44.9. The first kappa shape index (κ1) is 73.2. The zero-order valence-electron chi connectivity index (χ0n) is 50.7. The second kappa shape index (κ2) is 33.7. The molecule has 21 nitrogen and oxygen atoms in total. The van der Waals surface area contributed by atoms with Crippen molar-refractivity contribution in [2.75, 3.05) is 50.2 Å². The molecule has 500 valence electrons. The van der Waals surface area contributed by atoms with Crippen LogP contribution in [0.25, 0.3) is 22.5 Å². The Labute approximate surface area is 568 Å². The quantitative estimate of drug-likeness (QED) is 0.0529. The number of nitrogens with zero attached hydrogens (tertiary/aromatic N) is 6. The topological polar surface area (TPSA) is 286 Å². The summed E-state index contributed by atoms with van der Waals surface area (Å²) in [6, 6.07) is 38.2. The average molecular weight is 1340 g/mol. The standard InChI is InChI=1S/C35H32ClN5O5.C31H28ClN5O4.C4H6O2.3CH4/c1-40-20-25(31(39-40)28-19-26(36)13-16-30(28)42)10-7-22-8-14-27(15-9-22)37-34(44)29-21-46-18-17-41(29)35(45)32(23-5-3-2-4-6-23)38-33(43)24-11-12-24;1-36-18-22(29(35-36)25-17-23(32)11-14-27(25)38)10-7-20-8-12-24(13-9-20)34-30(39)26-19-41-16-15-37(26)31(40)28(33)21-5-3-2-4-6-21;5-4(6)3-1-2-3;;;/h2-6,8-9,13-16,19-20,24,29,32,42H,11-12,17-18,21H2,1H3,(H,37,44)(H,38,43);2-6,8-9,11-14,17-18,26,28,38H,15-16,19,33H2,1H3,(H,34,39);3H,1-2H2,(H,5,6);3*1H4/t29-,32+;26-,28+;;;;/m00..../s1. The van der Waals surface area contributed by atoms with E-state index >= 15 is 0 Å². The van der Waals surface area contributed by atoms with Gasteiger partial charge >= 0.3 is 5.97 Å². The number of amides is 5. The Morgan fingerprint density at radius 3 is 1.38 bits per heavy atom. The van der Waals surface area contributed by atoms with Gasteiger partial charge in [-0.3, -0.25) is 38.1 Å². The molecule has 6 aromatic carbocycles. The minimum absolute atomic E-state index is 0. The van der Waals surface area contributed by atoms with Gasteiger partial charge in [0.1, 0.15) is 47.1 Å². The highest BCUT2D eigenvalue weighted by Crippen LogP contribution is 2.35. The average Bonchev–Trinajstić information content (AvgIpc) is 1.53. The number of rotatable bonds is 13. The number of anilines is 2. The molecule has 4 aliphatic rings. The molecular formula is C73H78Cl2N10O11. The van der Waals surface area contributed by atoms with E-state index in [0.29, 0.717) is 83.9 Å². The van der Waals surface area contributed by atoms with Crippen molar-refractivity contribution >= 4 is 70.1 Å². The van der Waals surface area contributed by atoms with Gasteiger partial charge in [0.05, 0.1) is 43.5 Å². The minimum atomic E-state index is -0.899. The molecule has 4 heterocycles. The van der Waals surface area contributed by atoms with Crippen molar-refractivity contribution in [3.8, 4) is 57.7 Å². The number of aromatic nitrogens is 4. The third-order valence-corrected chi connectivity index (χ3v) is 15.9. The van der Waals surface area contributed by atoms with E-state index in [1.807, 2.05) is 36.4 Å². The Morgan fingerprint density at radius 2 is 0.969 bits per heavy atom. The maximum absolute atomic E-state index is 13.9. The SMILES string of the molecule is C.C.C.Cn1cc(C#Cc2ccc(NC(=O)[C@@H]3COCCN3C(=O)[C@H](N)c3ccccc3)cc2)c(-c2cc(Cl)ccc2O)n1.Cn1cc(C#Cc2ccc(NC(=O)[C@@H]3COCCN3C(=O)[C@H](NC(=O)C3CC3)c3ccccc3)cc2)c(-c2cc(Cl)ccc2O)n1.O=C(O)C1CC1. The highest BCUT2D eigenvalue weighted by atomic mass is 35.5. The molecule has 2 saturated carbocycles. The number of nitrogens with one attached hydrogen (secondary N) is 3. The Hall–Kier alpha value is -10.3. The summed E-state index contributed by atoms with van der Waals surface area (Å²) in [5.74, 6) is 10.2. The molecule has 2 saturated heterocycles. The van der Waals surface area contributed by atoms with Crippen molar-refractivity contribution in [1.29, 1.82) is 0 Å². The van der Waals surface area contributed by atoms with Gasteiger partial charge in [-0.25, -0.2) is 0 Å². The van der Waals surface area contributed by atoms with Crippen molar-refractivity contribution in [1.82, 2.24) is 34.7 Å². The van der Waals surface area contributed by atoms with Gasteiger partial charge in [0.2, 0.25) is 23.6 Å². The summed E-state index contributed by atoms with van der Waals surface area (Å²) in [6.07, 6.45) is 6.94. The number of morpholine rings is 2. The molecule has 8 aromatic rings. The minimum Gasteiger partial charge on any atom is -0.507 e. The maximum atomic E-state index is 13.9. The van der Waals surface area contributed by atoms with E-state index in [1.54, 1.807) is 133 Å². The normalized spacial score (nSPS) is 15.8. The summed E-state index contributed by atoms with van der Waals surface area (Å²) in [5, 5.41) is 47.2. The smallest absolute Gasteiger partial charge is 0.306 e. The Bertz CT molecular complexity index is 4170. The second-order valence-electron chi connectivity index (χ2n) is 22.5. The summed E-state index contributed by atoms with van der Waals surface area (Å²) >= 11 is 12.3. The van der Waals surface area contributed by atoms with Crippen LogP contribution in [-0.2, 0) is 52.3 Å². The molecule has 0 spiro atoms. The van der Waals surface area contributed by atoms with Crippen molar-refractivity contribution in [2.24, 2.45) is 31.7 Å². The van der Waals surface area contributed by atoms with Crippen LogP contribution in [0.4, 0.5) is 11.4 Å². The molecule has 8 N–H and O–H groups in total. The van der Waals surface area contributed by atoms with Crippen molar-refractivity contribution in [3.05, 3.63) is 201 Å². The second-order valence-corrected chi connectivity index (χ2v) is 23.3. The zero-order valence-corrected chi connectivity index (χ0v) is 52.2. The molecule has 2 aliphatic carbocycles. The molecule has 96 heavy (non-hydrogen) atoms. The summed E-state index contributed by atoms with van der Waals surface area (Å²) in [5.41, 5.74) is 13.3. The number of nitrogens with two attached hydrogens (primary N) is 1. The van der Waals surface area contributed by atoms with Crippen LogP contribution < -0.4 is 21.7 Å². The molecule has 2 aromatic heterocycles. The van der Waals surface area contributed by atoms with E-state index in [0.717, 1.165) is 25.7 Å². The number of halogens is 2. The maximum Gasteiger partial charge on any atom is 0.306 e. The number of aliphatic carboxylic acids is 1. The first-order valence-electron chi connectivity index (χ1n) is 29.9. The fraction of sp³-hybridized carbons (Fsp3) is 0.288. The predicted octanol–water partition coefficient (Wildman–Crippen LogP) is 10.4.